The van der Waals surface area contributed by atoms with Gasteiger partial charge < -0.3 is 5.32 Å². The van der Waals surface area contributed by atoms with Gasteiger partial charge in [-0.15, -0.1) is 12.3 Å². The summed E-state index contributed by atoms with van der Waals surface area (Å²) < 4.78 is 0. The molecule has 0 spiro atoms. The maximum absolute atomic E-state index is 5.25. The van der Waals surface area contributed by atoms with E-state index in [9.17, 15) is 0 Å². The first kappa shape index (κ1) is 13.8. The van der Waals surface area contributed by atoms with Crippen LogP contribution in [0.2, 0.25) is 0 Å². The molecule has 0 amide bonds. The summed E-state index contributed by atoms with van der Waals surface area (Å²) in [4.78, 5) is 0. The van der Waals surface area contributed by atoms with Gasteiger partial charge in [-0.2, -0.15) is 0 Å². The van der Waals surface area contributed by atoms with Gasteiger partial charge in [-0.05, 0) is 24.9 Å². The van der Waals surface area contributed by atoms with Gasteiger partial charge in [-0.3, -0.25) is 0 Å². The van der Waals surface area contributed by atoms with Crippen LogP contribution < -0.4 is 5.32 Å². The van der Waals surface area contributed by atoms with Gasteiger partial charge in [0.15, 0.2) is 0 Å². The van der Waals surface area contributed by atoms with E-state index in [0.717, 1.165) is 19.4 Å². The zero-order chi connectivity index (χ0) is 12.3. The van der Waals surface area contributed by atoms with Gasteiger partial charge in [-0.1, -0.05) is 50.1 Å². The molecule has 0 aromatic heterocycles. The first-order valence-corrected chi connectivity index (χ1v) is 6.60. The fourth-order valence-corrected chi connectivity index (χ4v) is 2.07. The molecule has 1 aromatic carbocycles. The quantitative estimate of drug-likeness (QED) is 0.526. The topological polar surface area (TPSA) is 12.0 Å². The van der Waals surface area contributed by atoms with Crippen LogP contribution in [0.3, 0.4) is 0 Å². The van der Waals surface area contributed by atoms with Crippen molar-refractivity contribution >= 4 is 0 Å². The molecule has 1 atom stereocenters. The van der Waals surface area contributed by atoms with Crippen LogP contribution in [0.25, 0.3) is 0 Å². The van der Waals surface area contributed by atoms with Gasteiger partial charge in [0.25, 0.3) is 0 Å². The molecule has 1 N–H and O–H groups in total. The molecule has 0 aliphatic heterocycles. The summed E-state index contributed by atoms with van der Waals surface area (Å²) in [7, 11) is 0. The summed E-state index contributed by atoms with van der Waals surface area (Å²) in [5, 5.41) is 3.55. The van der Waals surface area contributed by atoms with Gasteiger partial charge in [0.2, 0.25) is 0 Å². The molecular weight excluding hydrogens is 206 g/mol. The van der Waals surface area contributed by atoms with Gasteiger partial charge in [0, 0.05) is 12.5 Å². The molecule has 0 aliphatic carbocycles. The van der Waals surface area contributed by atoms with E-state index in [0.29, 0.717) is 6.04 Å². The number of hydrogen-bond acceptors (Lipinski definition) is 1. The molecule has 17 heavy (non-hydrogen) atoms. The Labute approximate surface area is 106 Å². The number of rotatable bonds is 8. The SMILES string of the molecule is C#CCCCCCC(NCC)c1ccccc1. The van der Waals surface area contributed by atoms with Gasteiger partial charge in [-0.25, -0.2) is 0 Å². The van der Waals surface area contributed by atoms with Crippen LogP contribution >= 0.6 is 0 Å². The van der Waals surface area contributed by atoms with Crippen LogP contribution in [0.1, 0.15) is 50.6 Å². The third-order valence-corrected chi connectivity index (χ3v) is 2.97. The molecule has 92 valence electrons. The van der Waals surface area contributed by atoms with E-state index in [-0.39, 0.29) is 0 Å². The smallest absolute Gasteiger partial charge is 0.0320 e. The van der Waals surface area contributed by atoms with Gasteiger partial charge in [0.1, 0.15) is 0 Å². The van der Waals surface area contributed by atoms with Crippen molar-refractivity contribution in [1.29, 1.82) is 0 Å². The van der Waals surface area contributed by atoms with Crippen LogP contribution in [0, 0.1) is 12.3 Å². The normalized spacial score (nSPS) is 12.0. The Kier molecular flexibility index (Phi) is 7.18. The highest BCUT2D eigenvalue weighted by atomic mass is 14.9. The van der Waals surface area contributed by atoms with E-state index >= 15 is 0 Å². The van der Waals surface area contributed by atoms with Crippen molar-refractivity contribution in [2.75, 3.05) is 6.54 Å². The largest absolute Gasteiger partial charge is 0.310 e. The van der Waals surface area contributed by atoms with Crippen molar-refractivity contribution in [3.8, 4) is 12.3 Å². The van der Waals surface area contributed by atoms with Crippen molar-refractivity contribution in [2.24, 2.45) is 0 Å². The molecule has 0 fully saturated rings. The molecule has 1 rings (SSSR count). The first-order valence-electron chi connectivity index (χ1n) is 6.60. The Balaban J connectivity index is 2.37. The molecule has 0 saturated heterocycles. The summed E-state index contributed by atoms with van der Waals surface area (Å²) in [6.07, 6.45) is 11.0. The standard InChI is InChI=1S/C16H23N/c1-3-5-6-7-11-14-16(17-4-2)15-12-9-8-10-13-15/h1,8-10,12-13,16-17H,4-7,11,14H2,2H3. The Morgan fingerprint density at radius 3 is 2.59 bits per heavy atom. The third kappa shape index (κ3) is 5.56. The van der Waals surface area contributed by atoms with Crippen molar-refractivity contribution in [3.05, 3.63) is 35.9 Å². The van der Waals surface area contributed by atoms with Crippen molar-refractivity contribution < 1.29 is 0 Å². The Morgan fingerprint density at radius 2 is 1.94 bits per heavy atom. The lowest BCUT2D eigenvalue weighted by atomic mass is 10.00. The van der Waals surface area contributed by atoms with Crippen LogP contribution in [0.4, 0.5) is 0 Å². The van der Waals surface area contributed by atoms with Crippen LogP contribution in [0.15, 0.2) is 30.3 Å². The molecule has 0 saturated carbocycles. The number of terminal acetylenes is 1. The maximum Gasteiger partial charge on any atom is 0.0320 e. The van der Waals surface area contributed by atoms with E-state index in [1.807, 2.05) is 0 Å². The monoisotopic (exact) mass is 229 g/mol. The predicted octanol–water partition coefficient (Wildman–Crippen LogP) is 3.92. The minimum atomic E-state index is 0.493. The van der Waals surface area contributed by atoms with Gasteiger partial charge >= 0.3 is 0 Å². The van der Waals surface area contributed by atoms with E-state index in [1.54, 1.807) is 0 Å². The molecule has 0 heterocycles. The minimum Gasteiger partial charge on any atom is -0.310 e. The zero-order valence-electron chi connectivity index (χ0n) is 10.8. The first-order chi connectivity index (χ1) is 8.38. The predicted molar refractivity (Wildman–Crippen MR) is 74.8 cm³/mol. The highest BCUT2D eigenvalue weighted by molar-refractivity contribution is 5.18. The average Bonchev–Trinajstić information content (AvgIpc) is 2.38. The lowest BCUT2D eigenvalue weighted by Gasteiger charge is -2.18. The number of nitrogens with one attached hydrogen (secondary N) is 1. The van der Waals surface area contributed by atoms with Crippen LogP contribution in [-0.4, -0.2) is 6.54 Å². The summed E-state index contributed by atoms with van der Waals surface area (Å²) in [6.45, 7) is 3.18. The summed E-state index contributed by atoms with van der Waals surface area (Å²) in [5.74, 6) is 2.70. The average molecular weight is 229 g/mol. The Hall–Kier alpha value is -1.26. The van der Waals surface area contributed by atoms with Crippen molar-refractivity contribution in [1.82, 2.24) is 5.32 Å². The van der Waals surface area contributed by atoms with Crippen molar-refractivity contribution in [3.63, 3.8) is 0 Å². The molecule has 1 heteroatoms. The lowest BCUT2D eigenvalue weighted by Crippen LogP contribution is -2.20. The van der Waals surface area contributed by atoms with Crippen LogP contribution in [-0.2, 0) is 0 Å². The fraction of sp³-hybridized carbons (Fsp3) is 0.500. The molecular formula is C16H23N. The highest BCUT2D eigenvalue weighted by Gasteiger charge is 2.08. The summed E-state index contributed by atoms with van der Waals surface area (Å²) in [6, 6.07) is 11.2. The summed E-state index contributed by atoms with van der Waals surface area (Å²) in [5.41, 5.74) is 1.39. The molecule has 1 unspecified atom stereocenters. The second kappa shape index (κ2) is 8.84. The van der Waals surface area contributed by atoms with Crippen LogP contribution in [0.5, 0.6) is 0 Å². The van der Waals surface area contributed by atoms with E-state index in [4.69, 9.17) is 6.42 Å². The van der Waals surface area contributed by atoms with E-state index < -0.39 is 0 Å². The minimum absolute atomic E-state index is 0.493. The number of unbranched alkanes of at least 4 members (excludes halogenated alkanes) is 3. The second-order valence-corrected chi connectivity index (χ2v) is 4.32. The van der Waals surface area contributed by atoms with Crippen molar-refractivity contribution in [2.45, 2.75) is 45.1 Å². The van der Waals surface area contributed by atoms with E-state index in [1.165, 1.54) is 24.8 Å². The lowest BCUT2D eigenvalue weighted by molar-refractivity contribution is 0.484. The fourth-order valence-electron chi connectivity index (χ4n) is 2.07. The van der Waals surface area contributed by atoms with E-state index in [2.05, 4.69) is 48.5 Å². The number of benzene rings is 1. The second-order valence-electron chi connectivity index (χ2n) is 4.32. The summed E-state index contributed by atoms with van der Waals surface area (Å²) >= 11 is 0. The maximum atomic E-state index is 5.25. The molecule has 0 bridgehead atoms. The highest BCUT2D eigenvalue weighted by Crippen LogP contribution is 2.19. The molecule has 0 radical (unpaired) electrons. The number of hydrogen-bond donors (Lipinski definition) is 1. The Morgan fingerprint density at radius 1 is 1.18 bits per heavy atom. The van der Waals surface area contributed by atoms with Gasteiger partial charge in [0.05, 0.1) is 0 Å². The molecule has 1 aromatic rings. The Bertz CT molecular complexity index is 323. The molecule has 0 aliphatic rings. The zero-order valence-corrected chi connectivity index (χ0v) is 10.8. The third-order valence-electron chi connectivity index (χ3n) is 2.97. The molecule has 1 nitrogen and oxygen atoms in total.